The van der Waals surface area contributed by atoms with Crippen LogP contribution in [-0.4, -0.2) is 23.4 Å². The molecule has 2 aromatic rings. The fraction of sp³-hybridized carbons (Fsp3) is 0.278. The molecule has 1 fully saturated rings. The summed E-state index contributed by atoms with van der Waals surface area (Å²) in [6.07, 6.45) is 3.09. The molecule has 3 rings (SSSR count). The average Bonchev–Trinajstić information content (AvgIpc) is 2.96. The maximum Gasteiger partial charge on any atom is 0.254 e. The Morgan fingerprint density at radius 2 is 1.77 bits per heavy atom. The molecule has 1 amide bonds. The number of rotatable bonds is 3. The number of benzene rings is 2. The summed E-state index contributed by atoms with van der Waals surface area (Å²) in [4.78, 5) is 14.7. The van der Waals surface area contributed by atoms with Crippen LogP contribution in [0.15, 0.2) is 54.6 Å². The van der Waals surface area contributed by atoms with Crippen molar-refractivity contribution in [3.63, 3.8) is 0 Å². The molecule has 116 valence electrons. The maximum absolute atomic E-state index is 12.6. The first kappa shape index (κ1) is 16.4. The third-order valence-corrected chi connectivity index (χ3v) is 4.11. The Morgan fingerprint density at radius 1 is 1.09 bits per heavy atom. The molecular weight excluding hydrogens is 296 g/mol. The van der Waals surface area contributed by atoms with Crippen LogP contribution >= 0.6 is 12.4 Å². The molecule has 0 aromatic heterocycles. The Kier molecular flexibility index (Phi) is 5.45. The third-order valence-electron chi connectivity index (χ3n) is 4.11. The highest BCUT2D eigenvalue weighted by atomic mass is 35.5. The Hall–Kier alpha value is -2.00. The van der Waals surface area contributed by atoms with Crippen LogP contribution in [-0.2, 0) is 6.42 Å². The molecule has 3 nitrogen and oxygen atoms in total. The van der Waals surface area contributed by atoms with Gasteiger partial charge in [0, 0.05) is 23.8 Å². The summed E-state index contributed by atoms with van der Waals surface area (Å²) >= 11 is 0. The van der Waals surface area contributed by atoms with Gasteiger partial charge in [0.05, 0.1) is 0 Å². The summed E-state index contributed by atoms with van der Waals surface area (Å²) in [6, 6.07) is 17.9. The van der Waals surface area contributed by atoms with Crippen LogP contribution in [0.1, 0.15) is 28.8 Å². The molecule has 0 bridgehead atoms. The number of nitrogens with two attached hydrogens (primary N) is 1. The van der Waals surface area contributed by atoms with E-state index >= 15 is 0 Å². The highest BCUT2D eigenvalue weighted by molar-refractivity contribution is 5.94. The first-order valence-corrected chi connectivity index (χ1v) is 7.44. The van der Waals surface area contributed by atoms with Gasteiger partial charge in [-0.05, 0) is 49.1 Å². The Balaban J connectivity index is 0.00000176. The van der Waals surface area contributed by atoms with Crippen molar-refractivity contribution in [1.82, 2.24) is 4.90 Å². The van der Waals surface area contributed by atoms with Crippen molar-refractivity contribution in [3.8, 4) is 0 Å². The van der Waals surface area contributed by atoms with Crippen LogP contribution in [0.3, 0.4) is 0 Å². The fourth-order valence-corrected chi connectivity index (χ4v) is 2.99. The maximum atomic E-state index is 12.6. The lowest BCUT2D eigenvalue weighted by Gasteiger charge is -2.25. The molecule has 1 unspecified atom stereocenters. The minimum atomic E-state index is 0. The van der Waals surface area contributed by atoms with Crippen LogP contribution < -0.4 is 5.73 Å². The van der Waals surface area contributed by atoms with Crippen LogP contribution in [0.4, 0.5) is 5.69 Å². The SMILES string of the molecule is Cl.Nc1ccc(C(=O)N2CCCC2Cc2ccccc2)cc1. The number of hydrogen-bond donors (Lipinski definition) is 1. The van der Waals surface area contributed by atoms with Crippen molar-refractivity contribution in [2.45, 2.75) is 25.3 Å². The number of amides is 1. The van der Waals surface area contributed by atoms with E-state index in [1.807, 2.05) is 23.1 Å². The molecule has 1 aliphatic rings. The summed E-state index contributed by atoms with van der Waals surface area (Å²) in [5.41, 5.74) is 8.39. The van der Waals surface area contributed by atoms with Gasteiger partial charge in [-0.1, -0.05) is 30.3 Å². The Bertz CT molecular complexity index is 613. The van der Waals surface area contributed by atoms with Crippen molar-refractivity contribution in [2.24, 2.45) is 0 Å². The molecule has 1 atom stereocenters. The summed E-state index contributed by atoms with van der Waals surface area (Å²) < 4.78 is 0. The zero-order valence-corrected chi connectivity index (χ0v) is 13.3. The molecular formula is C18H21ClN2O. The van der Waals surface area contributed by atoms with E-state index < -0.39 is 0 Å². The van der Waals surface area contributed by atoms with Gasteiger partial charge in [0.15, 0.2) is 0 Å². The van der Waals surface area contributed by atoms with E-state index in [0.29, 0.717) is 11.7 Å². The topological polar surface area (TPSA) is 46.3 Å². The number of nitrogen functional groups attached to an aromatic ring is 1. The molecule has 0 spiro atoms. The molecule has 2 aromatic carbocycles. The quantitative estimate of drug-likeness (QED) is 0.880. The van der Waals surface area contributed by atoms with Crippen molar-refractivity contribution in [2.75, 3.05) is 12.3 Å². The van der Waals surface area contributed by atoms with Crippen LogP contribution in [0.2, 0.25) is 0 Å². The van der Waals surface area contributed by atoms with Gasteiger partial charge in [-0.15, -0.1) is 12.4 Å². The zero-order chi connectivity index (χ0) is 14.7. The van der Waals surface area contributed by atoms with Crippen molar-refractivity contribution < 1.29 is 4.79 Å². The van der Waals surface area contributed by atoms with Gasteiger partial charge in [0.2, 0.25) is 0 Å². The number of anilines is 1. The van der Waals surface area contributed by atoms with E-state index in [9.17, 15) is 4.79 Å². The van der Waals surface area contributed by atoms with Gasteiger partial charge in [-0.3, -0.25) is 4.79 Å². The third kappa shape index (κ3) is 3.60. The van der Waals surface area contributed by atoms with Gasteiger partial charge in [-0.25, -0.2) is 0 Å². The lowest BCUT2D eigenvalue weighted by molar-refractivity contribution is 0.0736. The normalized spacial score (nSPS) is 17.1. The average molecular weight is 317 g/mol. The van der Waals surface area contributed by atoms with Crippen LogP contribution in [0, 0.1) is 0 Å². The summed E-state index contributed by atoms with van der Waals surface area (Å²) in [7, 11) is 0. The molecule has 1 saturated heterocycles. The van der Waals surface area contributed by atoms with Gasteiger partial charge in [0.1, 0.15) is 0 Å². The second kappa shape index (κ2) is 7.32. The number of nitrogens with zero attached hydrogens (tertiary/aromatic N) is 1. The second-order valence-electron chi connectivity index (χ2n) is 5.61. The van der Waals surface area contributed by atoms with Crippen molar-refractivity contribution in [1.29, 1.82) is 0 Å². The van der Waals surface area contributed by atoms with Gasteiger partial charge in [-0.2, -0.15) is 0 Å². The van der Waals surface area contributed by atoms with Gasteiger partial charge < -0.3 is 10.6 Å². The number of carbonyl (C=O) groups is 1. The smallest absolute Gasteiger partial charge is 0.254 e. The molecule has 22 heavy (non-hydrogen) atoms. The molecule has 1 aliphatic heterocycles. The second-order valence-corrected chi connectivity index (χ2v) is 5.61. The monoisotopic (exact) mass is 316 g/mol. The lowest BCUT2D eigenvalue weighted by Crippen LogP contribution is -2.36. The first-order valence-electron chi connectivity index (χ1n) is 7.44. The number of carbonyl (C=O) groups excluding carboxylic acids is 1. The Labute approximate surface area is 137 Å². The summed E-state index contributed by atoms with van der Waals surface area (Å²) in [5, 5.41) is 0. The van der Waals surface area contributed by atoms with E-state index in [2.05, 4.69) is 24.3 Å². The summed E-state index contributed by atoms with van der Waals surface area (Å²) in [6.45, 7) is 0.848. The number of halogens is 1. The summed E-state index contributed by atoms with van der Waals surface area (Å²) in [5.74, 6) is 0.119. The van der Waals surface area contributed by atoms with Crippen molar-refractivity contribution >= 4 is 24.0 Å². The van der Waals surface area contributed by atoms with E-state index in [1.54, 1.807) is 12.1 Å². The standard InChI is InChI=1S/C18H20N2O.ClH/c19-16-10-8-15(9-11-16)18(21)20-12-4-7-17(20)13-14-5-2-1-3-6-14;/h1-3,5-6,8-11,17H,4,7,12-13,19H2;1H. The fourth-order valence-electron chi connectivity index (χ4n) is 2.99. The van der Waals surface area contributed by atoms with E-state index in [0.717, 1.165) is 31.4 Å². The minimum Gasteiger partial charge on any atom is -0.399 e. The minimum absolute atomic E-state index is 0. The van der Waals surface area contributed by atoms with Gasteiger partial charge >= 0.3 is 0 Å². The van der Waals surface area contributed by atoms with E-state index in [-0.39, 0.29) is 18.3 Å². The molecule has 0 radical (unpaired) electrons. The highest BCUT2D eigenvalue weighted by Crippen LogP contribution is 2.23. The highest BCUT2D eigenvalue weighted by Gasteiger charge is 2.29. The van der Waals surface area contributed by atoms with E-state index in [4.69, 9.17) is 5.73 Å². The largest absolute Gasteiger partial charge is 0.399 e. The molecule has 0 saturated carbocycles. The van der Waals surface area contributed by atoms with E-state index in [1.165, 1.54) is 5.56 Å². The van der Waals surface area contributed by atoms with Crippen LogP contribution in [0.5, 0.6) is 0 Å². The molecule has 4 heteroatoms. The van der Waals surface area contributed by atoms with Crippen molar-refractivity contribution in [3.05, 3.63) is 65.7 Å². The first-order chi connectivity index (χ1) is 10.2. The molecule has 2 N–H and O–H groups in total. The number of likely N-dealkylation sites (tertiary alicyclic amines) is 1. The van der Waals surface area contributed by atoms with Gasteiger partial charge in [0.25, 0.3) is 5.91 Å². The molecule has 0 aliphatic carbocycles. The van der Waals surface area contributed by atoms with Crippen LogP contribution in [0.25, 0.3) is 0 Å². The number of hydrogen-bond acceptors (Lipinski definition) is 2. The molecule has 1 heterocycles. The predicted molar refractivity (Wildman–Crippen MR) is 92.3 cm³/mol. The Morgan fingerprint density at radius 3 is 2.45 bits per heavy atom. The lowest BCUT2D eigenvalue weighted by atomic mass is 10.0. The predicted octanol–water partition coefficient (Wildman–Crippen LogP) is 3.54. The zero-order valence-electron chi connectivity index (χ0n) is 12.4.